The van der Waals surface area contributed by atoms with Crippen molar-refractivity contribution in [2.45, 2.75) is 18.4 Å². The molecule has 1 aliphatic rings. The fraction of sp³-hybridized carbons (Fsp3) is 0.233. The Labute approximate surface area is 221 Å². The van der Waals surface area contributed by atoms with E-state index >= 15 is 0 Å². The maximum Gasteiger partial charge on any atom is 0.407 e. The van der Waals surface area contributed by atoms with E-state index in [1.165, 1.54) is 4.90 Å². The molecule has 38 heavy (non-hydrogen) atoms. The summed E-state index contributed by atoms with van der Waals surface area (Å²) in [6.07, 6.45) is 1.69. The third-order valence-electron chi connectivity index (χ3n) is 7.26. The van der Waals surface area contributed by atoms with Gasteiger partial charge in [-0.05, 0) is 29.5 Å². The number of amides is 2. The van der Waals surface area contributed by atoms with Gasteiger partial charge in [0.25, 0.3) is 0 Å². The van der Waals surface area contributed by atoms with Gasteiger partial charge >= 0.3 is 6.09 Å². The Balaban J connectivity index is 1.53. The molecule has 0 unspecified atom stereocenters. The molecule has 0 radical (unpaired) electrons. The molecule has 0 aliphatic carbocycles. The molecule has 0 bridgehead atoms. The van der Waals surface area contributed by atoms with Crippen molar-refractivity contribution in [2.75, 3.05) is 23.7 Å². The van der Waals surface area contributed by atoms with E-state index in [0.29, 0.717) is 37.4 Å². The van der Waals surface area contributed by atoms with Crippen molar-refractivity contribution in [3.63, 3.8) is 0 Å². The summed E-state index contributed by atoms with van der Waals surface area (Å²) in [4.78, 5) is 25.9. The van der Waals surface area contributed by atoms with Crippen molar-refractivity contribution in [1.82, 2.24) is 14.7 Å². The lowest BCUT2D eigenvalue weighted by atomic mass is 9.77. The zero-order valence-corrected chi connectivity index (χ0v) is 21.2. The first-order chi connectivity index (χ1) is 18.5. The van der Waals surface area contributed by atoms with Crippen LogP contribution in [0.5, 0.6) is 0 Å². The summed E-state index contributed by atoms with van der Waals surface area (Å²) in [7, 11) is 1.84. The molecule has 2 amide bonds. The molecule has 1 aliphatic heterocycles. The molecule has 4 aromatic rings. The van der Waals surface area contributed by atoms with Gasteiger partial charge in [0, 0.05) is 26.1 Å². The van der Waals surface area contributed by atoms with E-state index in [4.69, 9.17) is 0 Å². The molecule has 0 spiro atoms. The van der Waals surface area contributed by atoms with Crippen molar-refractivity contribution >= 4 is 23.5 Å². The largest absolute Gasteiger partial charge is 0.465 e. The summed E-state index contributed by atoms with van der Waals surface area (Å²) in [5.74, 6) is 0.273. The van der Waals surface area contributed by atoms with Crippen LogP contribution in [0.3, 0.4) is 0 Å². The number of hydrogen-bond donors (Lipinski definition) is 3. The van der Waals surface area contributed by atoms with Gasteiger partial charge in [0.2, 0.25) is 5.91 Å². The molecule has 2 heterocycles. The van der Waals surface area contributed by atoms with Crippen molar-refractivity contribution in [3.8, 4) is 0 Å². The van der Waals surface area contributed by atoms with Crippen LogP contribution in [0.2, 0.25) is 0 Å². The normalized spacial score (nSPS) is 14.2. The van der Waals surface area contributed by atoms with Gasteiger partial charge in [-0.3, -0.25) is 9.48 Å². The highest BCUT2D eigenvalue weighted by molar-refractivity contribution is 5.95. The molecule has 8 heteroatoms. The van der Waals surface area contributed by atoms with Crippen LogP contribution < -0.4 is 10.6 Å². The number of aromatic nitrogens is 2. The average Bonchev–Trinajstić information content (AvgIpc) is 3.31. The summed E-state index contributed by atoms with van der Waals surface area (Å²) in [6.45, 7) is 0.704. The molecule has 3 N–H and O–H groups in total. The molecular formula is C30H31N5O3. The van der Waals surface area contributed by atoms with E-state index in [-0.39, 0.29) is 11.8 Å². The van der Waals surface area contributed by atoms with Gasteiger partial charge in [0.05, 0.1) is 6.20 Å². The topological polar surface area (TPSA) is 99.5 Å². The number of rotatable bonds is 7. The molecule has 5 rings (SSSR count). The number of carbonyl (C=O) groups excluding carboxylic acids is 1. The Morgan fingerprint density at radius 3 is 1.76 bits per heavy atom. The zero-order valence-electron chi connectivity index (χ0n) is 21.2. The van der Waals surface area contributed by atoms with Crippen LogP contribution in [0, 0.1) is 5.92 Å². The monoisotopic (exact) mass is 509 g/mol. The minimum atomic E-state index is -0.943. The third kappa shape index (κ3) is 4.85. The molecule has 8 nitrogen and oxygen atoms in total. The van der Waals surface area contributed by atoms with E-state index in [0.717, 1.165) is 16.7 Å². The number of carbonyl (C=O) groups is 2. The van der Waals surface area contributed by atoms with Crippen molar-refractivity contribution in [2.24, 2.45) is 13.0 Å². The maximum atomic E-state index is 13.2. The van der Waals surface area contributed by atoms with Gasteiger partial charge in [-0.2, -0.15) is 5.10 Å². The third-order valence-corrected chi connectivity index (χ3v) is 7.26. The first kappa shape index (κ1) is 25.1. The van der Waals surface area contributed by atoms with E-state index in [9.17, 15) is 14.7 Å². The number of nitrogens with zero attached hydrogens (tertiary/aromatic N) is 3. The number of carboxylic acid groups (broad SMARTS) is 1. The van der Waals surface area contributed by atoms with Crippen molar-refractivity contribution < 1.29 is 14.7 Å². The molecule has 0 atom stereocenters. The molecule has 194 valence electrons. The van der Waals surface area contributed by atoms with Crippen LogP contribution in [0.15, 0.2) is 97.2 Å². The lowest BCUT2D eigenvalue weighted by molar-refractivity contribution is -0.121. The van der Waals surface area contributed by atoms with Gasteiger partial charge in [-0.15, -0.1) is 0 Å². The molecule has 3 aromatic carbocycles. The second-order valence-electron chi connectivity index (χ2n) is 9.54. The number of likely N-dealkylation sites (tertiary alicyclic amines) is 1. The van der Waals surface area contributed by atoms with E-state index < -0.39 is 11.6 Å². The highest BCUT2D eigenvalue weighted by Gasteiger charge is 2.38. The quantitative estimate of drug-likeness (QED) is 0.299. The first-order valence-electron chi connectivity index (χ1n) is 12.7. The molecule has 1 fully saturated rings. The molecular weight excluding hydrogens is 478 g/mol. The maximum absolute atomic E-state index is 13.2. The lowest BCUT2D eigenvalue weighted by Crippen LogP contribution is -2.41. The summed E-state index contributed by atoms with van der Waals surface area (Å²) in [6, 6.07) is 30.7. The number of hydrogen-bond acceptors (Lipinski definition) is 4. The Hall–Kier alpha value is -4.59. The Kier molecular flexibility index (Phi) is 7.13. The fourth-order valence-corrected chi connectivity index (χ4v) is 5.20. The highest BCUT2D eigenvalue weighted by atomic mass is 16.4. The predicted molar refractivity (Wildman–Crippen MR) is 147 cm³/mol. The minimum Gasteiger partial charge on any atom is -0.465 e. The summed E-state index contributed by atoms with van der Waals surface area (Å²) < 4.78 is 1.73. The first-order valence-corrected chi connectivity index (χ1v) is 12.7. The van der Waals surface area contributed by atoms with Gasteiger partial charge in [-0.1, -0.05) is 91.0 Å². The predicted octanol–water partition coefficient (Wildman–Crippen LogP) is 5.15. The number of aryl methyl sites for hydroxylation is 1. The summed E-state index contributed by atoms with van der Waals surface area (Å²) in [5, 5.41) is 20.6. The van der Waals surface area contributed by atoms with Crippen LogP contribution in [-0.4, -0.2) is 44.9 Å². The van der Waals surface area contributed by atoms with Crippen molar-refractivity contribution in [1.29, 1.82) is 0 Å². The fourth-order valence-electron chi connectivity index (χ4n) is 5.20. The highest BCUT2D eigenvalue weighted by Crippen LogP contribution is 2.41. The molecule has 0 saturated carbocycles. The lowest BCUT2D eigenvalue weighted by Gasteiger charge is -2.38. The Morgan fingerprint density at radius 2 is 1.32 bits per heavy atom. The number of benzene rings is 3. The van der Waals surface area contributed by atoms with Crippen LogP contribution in [-0.2, 0) is 17.4 Å². The van der Waals surface area contributed by atoms with Gasteiger partial charge < -0.3 is 20.6 Å². The summed E-state index contributed by atoms with van der Waals surface area (Å²) >= 11 is 0. The van der Waals surface area contributed by atoms with Gasteiger partial charge in [0.1, 0.15) is 17.0 Å². The smallest absolute Gasteiger partial charge is 0.407 e. The number of nitrogens with one attached hydrogen (secondary N) is 2. The van der Waals surface area contributed by atoms with E-state index in [1.54, 1.807) is 10.9 Å². The van der Waals surface area contributed by atoms with Crippen LogP contribution >= 0.6 is 0 Å². The SMILES string of the molecule is Cn1ncc(NC(=O)C2CCN(C(=O)O)CC2)c1NC(c1ccccc1)(c1ccccc1)c1ccccc1. The van der Waals surface area contributed by atoms with Crippen LogP contribution in [0.1, 0.15) is 29.5 Å². The second kappa shape index (κ2) is 10.8. The standard InChI is InChI=1S/C30H31N5O3/c1-34-27(26(21-31-34)32-28(36)22-17-19-35(20-18-22)29(37)38)33-30(23-11-5-2-6-12-23,24-13-7-3-8-14-24)25-15-9-4-10-16-25/h2-16,21-22,33H,17-20H2,1H3,(H,32,36)(H,37,38). The minimum absolute atomic E-state index is 0.129. The van der Waals surface area contributed by atoms with Crippen molar-refractivity contribution in [3.05, 3.63) is 114 Å². The van der Waals surface area contributed by atoms with Gasteiger partial charge in [0.15, 0.2) is 0 Å². The van der Waals surface area contributed by atoms with Crippen LogP contribution in [0.25, 0.3) is 0 Å². The summed E-state index contributed by atoms with van der Waals surface area (Å²) in [5.41, 5.74) is 2.92. The number of piperidine rings is 1. The second-order valence-corrected chi connectivity index (χ2v) is 9.54. The van der Waals surface area contributed by atoms with Crippen LogP contribution in [0.4, 0.5) is 16.3 Å². The van der Waals surface area contributed by atoms with E-state index in [2.05, 4.69) is 52.1 Å². The zero-order chi connectivity index (χ0) is 26.5. The Bertz CT molecular complexity index is 1280. The van der Waals surface area contributed by atoms with Gasteiger partial charge in [-0.25, -0.2) is 4.79 Å². The molecule has 1 aromatic heterocycles. The number of anilines is 2. The average molecular weight is 510 g/mol. The van der Waals surface area contributed by atoms with E-state index in [1.807, 2.05) is 61.6 Å². The molecule has 1 saturated heterocycles. The Morgan fingerprint density at radius 1 is 0.842 bits per heavy atom.